The fraction of sp³-hybridized carbons (Fsp3) is 0.647. The zero-order chi connectivity index (χ0) is 14.4. The Hall–Kier alpha value is -0.510. The van der Waals surface area contributed by atoms with Crippen molar-refractivity contribution in [1.82, 2.24) is 10.6 Å². The maximum Gasteiger partial charge on any atom is 0.0319 e. The van der Waals surface area contributed by atoms with Crippen molar-refractivity contribution >= 4 is 11.8 Å². The highest BCUT2D eigenvalue weighted by Gasteiger charge is 2.24. The number of rotatable bonds is 6. The molecule has 2 nitrogen and oxygen atoms in total. The molecule has 0 spiro atoms. The lowest BCUT2D eigenvalue weighted by atomic mass is 9.97. The van der Waals surface area contributed by atoms with Gasteiger partial charge in [-0.2, -0.15) is 0 Å². The predicted octanol–water partition coefficient (Wildman–Crippen LogP) is 4.08. The third-order valence-electron chi connectivity index (χ3n) is 4.31. The number of nitrogens with one attached hydrogen (secondary N) is 1. The lowest BCUT2D eigenvalue weighted by molar-refractivity contribution is 0.100. The van der Waals surface area contributed by atoms with Crippen molar-refractivity contribution in [2.24, 2.45) is 0 Å². The number of nitrogens with zero attached hydrogens (tertiary/aromatic N) is 1. The second-order valence-corrected chi connectivity index (χ2v) is 7.07. The molecule has 1 aromatic carbocycles. The van der Waals surface area contributed by atoms with Gasteiger partial charge in [0.25, 0.3) is 0 Å². The Morgan fingerprint density at radius 3 is 2.50 bits per heavy atom. The van der Waals surface area contributed by atoms with Gasteiger partial charge in [-0.1, -0.05) is 24.6 Å². The molecule has 0 bridgehead atoms. The third-order valence-corrected chi connectivity index (χ3v) is 5.48. The molecule has 111 valence electrons. The standard InChI is InChI=1S/C17H27N2S/c1-14-7-6-8-15(2)19(14)12-11-16(18)13-20-17-9-4-3-5-10-17/h3-5,9-10,14-16,18H,6-8,11-13H2,1-2H3/t14?,15?,16-/m1/s1. The molecule has 2 unspecified atom stereocenters. The number of thioether (sulfide) groups is 1. The zero-order valence-corrected chi connectivity index (χ0v) is 13.5. The summed E-state index contributed by atoms with van der Waals surface area (Å²) in [5.41, 5.74) is 8.22. The van der Waals surface area contributed by atoms with Crippen LogP contribution in [0.1, 0.15) is 39.5 Å². The van der Waals surface area contributed by atoms with E-state index in [0.29, 0.717) is 12.1 Å². The van der Waals surface area contributed by atoms with Gasteiger partial charge >= 0.3 is 0 Å². The van der Waals surface area contributed by atoms with Crippen molar-refractivity contribution in [1.29, 1.82) is 0 Å². The topological polar surface area (TPSA) is 27.0 Å². The fourth-order valence-corrected chi connectivity index (χ4v) is 3.93. The summed E-state index contributed by atoms with van der Waals surface area (Å²) >= 11 is 1.81. The molecule has 1 N–H and O–H groups in total. The second-order valence-electron chi connectivity index (χ2n) is 5.98. The van der Waals surface area contributed by atoms with E-state index in [1.165, 1.54) is 24.2 Å². The number of benzene rings is 1. The molecule has 1 aliphatic heterocycles. The van der Waals surface area contributed by atoms with Gasteiger partial charge in [-0.15, -0.1) is 11.8 Å². The van der Waals surface area contributed by atoms with Gasteiger partial charge in [0.15, 0.2) is 0 Å². The molecule has 0 amide bonds. The molecule has 1 saturated heterocycles. The van der Waals surface area contributed by atoms with Crippen molar-refractivity contribution in [3.63, 3.8) is 0 Å². The molecule has 1 heterocycles. The summed E-state index contributed by atoms with van der Waals surface area (Å²) in [7, 11) is 0. The highest BCUT2D eigenvalue weighted by molar-refractivity contribution is 7.99. The molecule has 3 atom stereocenters. The Morgan fingerprint density at radius 2 is 1.85 bits per heavy atom. The third kappa shape index (κ3) is 4.80. The monoisotopic (exact) mass is 291 g/mol. The van der Waals surface area contributed by atoms with Gasteiger partial charge in [0, 0.05) is 35.3 Å². The van der Waals surface area contributed by atoms with E-state index < -0.39 is 0 Å². The van der Waals surface area contributed by atoms with E-state index in [9.17, 15) is 0 Å². The molecule has 1 fully saturated rings. The molecular weight excluding hydrogens is 264 g/mol. The predicted molar refractivity (Wildman–Crippen MR) is 88.1 cm³/mol. The van der Waals surface area contributed by atoms with Gasteiger partial charge in [-0.05, 0) is 45.2 Å². The quantitative estimate of drug-likeness (QED) is 0.738. The summed E-state index contributed by atoms with van der Waals surface area (Å²) in [5.74, 6) is 0.903. The number of hydrogen-bond donors (Lipinski definition) is 0. The van der Waals surface area contributed by atoms with E-state index >= 15 is 0 Å². The first kappa shape index (κ1) is 15.9. The highest BCUT2D eigenvalue weighted by Crippen LogP contribution is 2.23. The molecule has 1 aromatic rings. The molecule has 3 heteroatoms. The molecule has 0 aromatic heterocycles. The number of piperidine rings is 1. The van der Waals surface area contributed by atoms with Crippen LogP contribution in [0.4, 0.5) is 0 Å². The van der Waals surface area contributed by atoms with E-state index in [2.05, 4.69) is 43.0 Å². The summed E-state index contributed by atoms with van der Waals surface area (Å²) in [6.45, 7) is 5.77. The zero-order valence-electron chi connectivity index (χ0n) is 12.7. The van der Waals surface area contributed by atoms with Crippen molar-refractivity contribution < 1.29 is 0 Å². The van der Waals surface area contributed by atoms with Crippen LogP contribution in [0.15, 0.2) is 35.2 Å². The molecule has 20 heavy (non-hydrogen) atoms. The largest absolute Gasteiger partial charge is 0.298 e. The normalized spacial score (nSPS) is 25.6. The summed E-state index contributed by atoms with van der Waals surface area (Å²) in [6.07, 6.45) is 5.01. The average molecular weight is 291 g/mol. The smallest absolute Gasteiger partial charge is 0.0319 e. The Balaban J connectivity index is 1.70. The van der Waals surface area contributed by atoms with Gasteiger partial charge in [-0.3, -0.25) is 10.6 Å². The lowest BCUT2D eigenvalue weighted by Crippen LogP contribution is -2.45. The highest BCUT2D eigenvalue weighted by atomic mass is 32.2. The van der Waals surface area contributed by atoms with E-state index in [4.69, 9.17) is 5.73 Å². The van der Waals surface area contributed by atoms with E-state index in [-0.39, 0.29) is 6.04 Å². The van der Waals surface area contributed by atoms with Crippen LogP contribution in [0.3, 0.4) is 0 Å². The lowest BCUT2D eigenvalue weighted by Gasteiger charge is -2.39. The Morgan fingerprint density at radius 1 is 1.20 bits per heavy atom. The Kier molecular flexibility index (Phi) is 6.40. The van der Waals surface area contributed by atoms with Crippen LogP contribution in [0.5, 0.6) is 0 Å². The van der Waals surface area contributed by atoms with Crippen LogP contribution < -0.4 is 5.73 Å². The van der Waals surface area contributed by atoms with Crippen molar-refractivity contribution in [2.75, 3.05) is 12.3 Å². The summed E-state index contributed by atoms with van der Waals surface area (Å²) < 4.78 is 0. The molecule has 1 radical (unpaired) electrons. The maximum atomic E-state index is 8.22. The summed E-state index contributed by atoms with van der Waals surface area (Å²) in [4.78, 5) is 3.89. The van der Waals surface area contributed by atoms with E-state index in [0.717, 1.165) is 18.7 Å². The minimum Gasteiger partial charge on any atom is -0.298 e. The first-order valence-electron chi connectivity index (χ1n) is 7.81. The fourth-order valence-electron chi connectivity index (χ4n) is 3.02. The molecule has 2 rings (SSSR count). The van der Waals surface area contributed by atoms with Gasteiger partial charge in [0.1, 0.15) is 0 Å². The van der Waals surface area contributed by atoms with Crippen LogP contribution in [-0.2, 0) is 0 Å². The van der Waals surface area contributed by atoms with Gasteiger partial charge in [-0.25, -0.2) is 0 Å². The van der Waals surface area contributed by atoms with Crippen LogP contribution in [0.25, 0.3) is 0 Å². The van der Waals surface area contributed by atoms with Crippen LogP contribution >= 0.6 is 11.8 Å². The van der Waals surface area contributed by atoms with Gasteiger partial charge in [0.05, 0.1) is 0 Å². The van der Waals surface area contributed by atoms with Crippen molar-refractivity contribution in [3.8, 4) is 0 Å². The Labute approximate surface area is 128 Å². The summed E-state index contributed by atoms with van der Waals surface area (Å²) in [6, 6.07) is 11.9. The number of likely N-dealkylation sites (tertiary alicyclic amines) is 1. The minimum absolute atomic E-state index is 0.0431. The first-order valence-corrected chi connectivity index (χ1v) is 8.80. The van der Waals surface area contributed by atoms with Crippen molar-refractivity contribution in [2.45, 2.75) is 62.6 Å². The maximum absolute atomic E-state index is 8.22. The SMILES string of the molecule is CC1CCCC(C)N1CC[C@@H]([NH])CSc1ccccc1. The molecular formula is C17H27N2S. The molecule has 0 aliphatic carbocycles. The van der Waals surface area contributed by atoms with Crippen LogP contribution in [-0.4, -0.2) is 35.3 Å². The van der Waals surface area contributed by atoms with Crippen LogP contribution in [0.2, 0.25) is 0 Å². The first-order chi connectivity index (χ1) is 9.66. The van der Waals surface area contributed by atoms with E-state index in [1.807, 2.05) is 17.8 Å². The average Bonchev–Trinajstić information content (AvgIpc) is 2.46. The van der Waals surface area contributed by atoms with Crippen molar-refractivity contribution in [3.05, 3.63) is 30.3 Å². The summed E-state index contributed by atoms with van der Waals surface area (Å²) in [5, 5.41) is 0. The van der Waals surface area contributed by atoms with Gasteiger partial charge < -0.3 is 0 Å². The second kappa shape index (κ2) is 8.06. The number of hydrogen-bond acceptors (Lipinski definition) is 2. The Bertz CT molecular complexity index is 372. The van der Waals surface area contributed by atoms with E-state index in [1.54, 1.807) is 0 Å². The van der Waals surface area contributed by atoms with Gasteiger partial charge in [0.2, 0.25) is 0 Å². The minimum atomic E-state index is 0.0431. The molecule has 0 saturated carbocycles. The van der Waals surface area contributed by atoms with Crippen LogP contribution in [0, 0.1) is 0 Å². The molecule has 1 aliphatic rings.